The number of ether oxygens (including phenoxy) is 1. The van der Waals surface area contributed by atoms with Crippen LogP contribution >= 0.6 is 0 Å². The Morgan fingerprint density at radius 2 is 1.95 bits per heavy atom. The van der Waals surface area contributed by atoms with Crippen molar-refractivity contribution in [2.45, 2.75) is 13.5 Å². The highest BCUT2D eigenvalue weighted by molar-refractivity contribution is 5.42. The molecule has 0 saturated heterocycles. The van der Waals surface area contributed by atoms with Gasteiger partial charge in [0.25, 0.3) is 5.56 Å². The van der Waals surface area contributed by atoms with Gasteiger partial charge in [-0.05, 0) is 37.3 Å². The van der Waals surface area contributed by atoms with E-state index in [1.165, 1.54) is 17.7 Å². The van der Waals surface area contributed by atoms with Crippen molar-refractivity contribution in [1.29, 1.82) is 10.5 Å². The summed E-state index contributed by atoms with van der Waals surface area (Å²) in [7, 11) is 1.53. The number of benzene rings is 1. The lowest BCUT2D eigenvalue weighted by Crippen LogP contribution is -2.25. The van der Waals surface area contributed by atoms with Gasteiger partial charge in [0.05, 0.1) is 25.3 Å². The van der Waals surface area contributed by atoms with Crippen LogP contribution in [0.2, 0.25) is 0 Å². The number of aromatic nitrogens is 1. The number of nitriles is 2. The Balaban J connectivity index is 2.56. The molecule has 0 N–H and O–H groups in total. The summed E-state index contributed by atoms with van der Waals surface area (Å²) in [5.74, 6) is 0.600. The van der Waals surface area contributed by atoms with E-state index in [0.717, 1.165) is 11.3 Å². The minimum atomic E-state index is -0.345. The quantitative estimate of drug-likeness (QED) is 0.860. The van der Waals surface area contributed by atoms with Crippen LogP contribution < -0.4 is 10.3 Å². The maximum Gasteiger partial charge on any atom is 0.268 e. The molecule has 0 aliphatic heterocycles. The van der Waals surface area contributed by atoms with Crippen molar-refractivity contribution in [1.82, 2.24) is 4.57 Å². The van der Waals surface area contributed by atoms with Crippen LogP contribution in [-0.2, 0) is 6.54 Å². The Bertz CT molecular complexity index is 823. The number of aryl methyl sites for hydroxylation is 1. The van der Waals surface area contributed by atoms with E-state index in [4.69, 9.17) is 15.3 Å². The average Bonchev–Trinajstić information content (AvgIpc) is 2.51. The number of hydrogen-bond donors (Lipinski definition) is 0. The van der Waals surface area contributed by atoms with E-state index >= 15 is 0 Å². The first-order valence-corrected chi connectivity index (χ1v) is 6.28. The molecule has 5 heteroatoms. The smallest absolute Gasteiger partial charge is 0.268 e. The summed E-state index contributed by atoms with van der Waals surface area (Å²) in [5, 5.41) is 17.9. The number of hydrogen-bond acceptors (Lipinski definition) is 4. The van der Waals surface area contributed by atoms with Crippen molar-refractivity contribution in [3.05, 3.63) is 63.1 Å². The topological polar surface area (TPSA) is 78.8 Å². The van der Waals surface area contributed by atoms with Crippen LogP contribution in [0.15, 0.2) is 35.1 Å². The third kappa shape index (κ3) is 2.77. The molecular formula is C16H13N3O2. The van der Waals surface area contributed by atoms with Gasteiger partial charge in [-0.2, -0.15) is 10.5 Å². The molecule has 0 aliphatic carbocycles. The summed E-state index contributed by atoms with van der Waals surface area (Å²) in [6.07, 6.45) is 0. The lowest BCUT2D eigenvalue weighted by Gasteiger charge is -2.13. The van der Waals surface area contributed by atoms with Crippen molar-refractivity contribution < 1.29 is 4.74 Å². The van der Waals surface area contributed by atoms with E-state index in [0.29, 0.717) is 11.3 Å². The van der Waals surface area contributed by atoms with E-state index in [2.05, 4.69) is 6.07 Å². The number of rotatable bonds is 3. The van der Waals surface area contributed by atoms with Gasteiger partial charge in [-0.3, -0.25) is 4.79 Å². The van der Waals surface area contributed by atoms with Gasteiger partial charge < -0.3 is 9.30 Å². The van der Waals surface area contributed by atoms with Crippen molar-refractivity contribution in [2.24, 2.45) is 0 Å². The Labute approximate surface area is 122 Å². The molecule has 1 aromatic heterocycles. The molecule has 2 rings (SSSR count). The molecule has 2 aromatic rings. The fraction of sp³-hybridized carbons (Fsp3) is 0.188. The summed E-state index contributed by atoms with van der Waals surface area (Å²) < 4.78 is 6.76. The second-order valence-corrected chi connectivity index (χ2v) is 4.53. The van der Waals surface area contributed by atoms with Gasteiger partial charge in [0.2, 0.25) is 0 Å². The highest BCUT2D eigenvalue weighted by atomic mass is 16.5. The lowest BCUT2D eigenvalue weighted by molar-refractivity contribution is 0.408. The minimum Gasteiger partial charge on any atom is -0.496 e. The van der Waals surface area contributed by atoms with Gasteiger partial charge in [0, 0.05) is 11.3 Å². The summed E-state index contributed by atoms with van der Waals surface area (Å²) >= 11 is 0. The van der Waals surface area contributed by atoms with Crippen molar-refractivity contribution in [3.8, 4) is 17.9 Å². The molecule has 0 amide bonds. The van der Waals surface area contributed by atoms with Crippen LogP contribution in [0.3, 0.4) is 0 Å². The second kappa shape index (κ2) is 5.94. The van der Waals surface area contributed by atoms with Crippen molar-refractivity contribution in [2.75, 3.05) is 7.11 Å². The molecule has 1 aromatic carbocycles. The maximum absolute atomic E-state index is 12.2. The number of methoxy groups -OCH3 is 1. The Morgan fingerprint density at radius 3 is 2.57 bits per heavy atom. The summed E-state index contributed by atoms with van der Waals surface area (Å²) in [6, 6.07) is 12.2. The van der Waals surface area contributed by atoms with Crippen molar-refractivity contribution >= 4 is 0 Å². The zero-order valence-corrected chi connectivity index (χ0v) is 11.8. The van der Waals surface area contributed by atoms with Crippen LogP contribution in [-0.4, -0.2) is 11.7 Å². The van der Waals surface area contributed by atoms with Gasteiger partial charge in [0.1, 0.15) is 17.4 Å². The van der Waals surface area contributed by atoms with Crippen LogP contribution in [0.25, 0.3) is 0 Å². The van der Waals surface area contributed by atoms with Crippen LogP contribution in [0.1, 0.15) is 22.4 Å². The van der Waals surface area contributed by atoms with Gasteiger partial charge in [-0.25, -0.2) is 0 Å². The molecule has 21 heavy (non-hydrogen) atoms. The normalized spacial score (nSPS) is 9.71. The van der Waals surface area contributed by atoms with Gasteiger partial charge in [-0.1, -0.05) is 0 Å². The van der Waals surface area contributed by atoms with E-state index in [-0.39, 0.29) is 17.7 Å². The molecule has 5 nitrogen and oxygen atoms in total. The molecular weight excluding hydrogens is 266 g/mol. The zero-order chi connectivity index (χ0) is 15.4. The summed E-state index contributed by atoms with van der Waals surface area (Å²) in [6.45, 7) is 2.04. The third-order valence-corrected chi connectivity index (χ3v) is 3.25. The molecule has 1 heterocycles. The van der Waals surface area contributed by atoms with Gasteiger partial charge in [-0.15, -0.1) is 0 Å². The molecule has 104 valence electrons. The molecule has 0 spiro atoms. The largest absolute Gasteiger partial charge is 0.496 e. The first kappa shape index (κ1) is 14.4. The highest BCUT2D eigenvalue weighted by Gasteiger charge is 2.10. The first-order valence-electron chi connectivity index (χ1n) is 6.28. The zero-order valence-electron chi connectivity index (χ0n) is 11.8. The molecule has 0 bridgehead atoms. The molecule has 0 saturated carbocycles. The Kier molecular flexibility index (Phi) is 4.06. The molecule has 0 unspecified atom stereocenters. The van der Waals surface area contributed by atoms with Crippen LogP contribution in [0.4, 0.5) is 0 Å². The fourth-order valence-electron chi connectivity index (χ4n) is 2.09. The monoisotopic (exact) mass is 279 g/mol. The van der Waals surface area contributed by atoms with Gasteiger partial charge in [0.15, 0.2) is 0 Å². The predicted molar refractivity (Wildman–Crippen MR) is 77.0 cm³/mol. The standard InChI is InChI=1S/C16H13N3O2/c1-11-3-5-13(9-18)16(20)19(11)10-14-7-12(8-17)4-6-15(14)21-2/h3-7H,10H2,1-2H3. The Hall–Kier alpha value is -3.05. The Morgan fingerprint density at radius 1 is 1.19 bits per heavy atom. The summed E-state index contributed by atoms with van der Waals surface area (Å²) in [4.78, 5) is 12.2. The minimum absolute atomic E-state index is 0.0935. The highest BCUT2D eigenvalue weighted by Crippen LogP contribution is 2.20. The van der Waals surface area contributed by atoms with Gasteiger partial charge >= 0.3 is 0 Å². The SMILES string of the molecule is COc1ccc(C#N)cc1Cn1c(C)ccc(C#N)c1=O. The molecule has 0 radical (unpaired) electrons. The summed E-state index contributed by atoms with van der Waals surface area (Å²) in [5.41, 5.74) is 1.70. The first-order chi connectivity index (χ1) is 10.1. The third-order valence-electron chi connectivity index (χ3n) is 3.25. The average molecular weight is 279 g/mol. The lowest BCUT2D eigenvalue weighted by atomic mass is 10.1. The molecule has 0 atom stereocenters. The maximum atomic E-state index is 12.2. The fourth-order valence-corrected chi connectivity index (χ4v) is 2.09. The second-order valence-electron chi connectivity index (χ2n) is 4.53. The van der Waals surface area contributed by atoms with E-state index in [9.17, 15) is 4.79 Å². The van der Waals surface area contributed by atoms with E-state index < -0.39 is 0 Å². The van der Waals surface area contributed by atoms with E-state index in [1.807, 2.05) is 6.07 Å². The number of pyridine rings is 1. The predicted octanol–water partition coefficient (Wildman–Crippen LogP) is 1.96. The number of nitrogens with zero attached hydrogens (tertiary/aromatic N) is 3. The van der Waals surface area contributed by atoms with Crippen LogP contribution in [0.5, 0.6) is 5.75 Å². The van der Waals surface area contributed by atoms with Crippen LogP contribution in [0, 0.1) is 29.6 Å². The molecule has 0 fully saturated rings. The van der Waals surface area contributed by atoms with Crippen molar-refractivity contribution in [3.63, 3.8) is 0 Å². The molecule has 0 aliphatic rings. The van der Waals surface area contributed by atoms with E-state index in [1.54, 1.807) is 31.2 Å².